The summed E-state index contributed by atoms with van der Waals surface area (Å²) in [6.07, 6.45) is 0. The van der Waals surface area contributed by atoms with E-state index in [9.17, 15) is 30.3 Å². The first-order valence-corrected chi connectivity index (χ1v) is 7.49. The molecule has 2 aromatic carbocycles. The zero-order valence-electron chi connectivity index (χ0n) is 14.3. The first kappa shape index (κ1) is 18.8. The second-order valence-corrected chi connectivity index (χ2v) is 6.58. The lowest BCUT2D eigenvalue weighted by molar-refractivity contribution is -0.393. The summed E-state index contributed by atoms with van der Waals surface area (Å²) in [4.78, 5) is 31.4. The molecule has 10 nitrogen and oxygen atoms in total. The fraction of sp³-hybridized carbons (Fsp3) is 0.250. The predicted octanol–water partition coefficient (Wildman–Crippen LogP) is 4.45. The summed E-state index contributed by atoms with van der Waals surface area (Å²) < 4.78 is 0. The molecule has 0 radical (unpaired) electrons. The summed E-state index contributed by atoms with van der Waals surface area (Å²) in [5, 5.41) is 36.2. The molecule has 0 unspecified atom stereocenters. The first-order chi connectivity index (χ1) is 12.0. The van der Waals surface area contributed by atoms with E-state index < -0.39 is 25.9 Å². The van der Waals surface area contributed by atoms with Crippen LogP contribution in [-0.4, -0.2) is 14.8 Å². The van der Waals surface area contributed by atoms with Crippen molar-refractivity contribution in [2.45, 2.75) is 26.2 Å². The molecule has 0 spiro atoms. The summed E-state index contributed by atoms with van der Waals surface area (Å²) in [7, 11) is 0. The van der Waals surface area contributed by atoms with Crippen molar-refractivity contribution in [3.63, 3.8) is 0 Å². The van der Waals surface area contributed by atoms with E-state index in [0.29, 0.717) is 11.3 Å². The molecule has 0 bridgehead atoms. The van der Waals surface area contributed by atoms with Crippen molar-refractivity contribution >= 4 is 28.4 Å². The molecule has 2 rings (SSSR count). The van der Waals surface area contributed by atoms with Crippen LogP contribution in [0, 0.1) is 30.3 Å². The third-order valence-corrected chi connectivity index (χ3v) is 3.67. The van der Waals surface area contributed by atoms with Gasteiger partial charge in [0.05, 0.1) is 20.8 Å². The summed E-state index contributed by atoms with van der Waals surface area (Å²) in [6.45, 7) is 5.32. The Labute approximate surface area is 147 Å². The Hall–Kier alpha value is -3.56. The maximum atomic E-state index is 11.5. The zero-order chi connectivity index (χ0) is 19.6. The SMILES string of the molecule is CC(C)(C)c1cc([N+](=O)[O-])cc([N+](=O)[O-])c1Nc1ccc([N+](=O)[O-])cc1. The maximum Gasteiger partial charge on any atom is 0.299 e. The molecular weight excluding hydrogens is 344 g/mol. The van der Waals surface area contributed by atoms with Crippen LogP contribution in [0.2, 0.25) is 0 Å². The van der Waals surface area contributed by atoms with Gasteiger partial charge in [-0.3, -0.25) is 30.3 Å². The smallest absolute Gasteiger partial charge is 0.299 e. The molecule has 1 N–H and O–H groups in total. The Kier molecular flexibility index (Phi) is 4.87. The number of nitrogens with zero attached hydrogens (tertiary/aromatic N) is 3. The number of hydrogen-bond acceptors (Lipinski definition) is 7. The number of non-ortho nitro benzene ring substituents is 2. The van der Waals surface area contributed by atoms with Gasteiger partial charge < -0.3 is 5.32 Å². The van der Waals surface area contributed by atoms with Crippen LogP contribution in [0.5, 0.6) is 0 Å². The molecule has 0 heterocycles. The fourth-order valence-corrected chi connectivity index (χ4v) is 2.40. The van der Waals surface area contributed by atoms with Gasteiger partial charge in [-0.25, -0.2) is 0 Å². The highest BCUT2D eigenvalue weighted by molar-refractivity contribution is 5.77. The first-order valence-electron chi connectivity index (χ1n) is 7.49. The van der Waals surface area contributed by atoms with Crippen molar-refractivity contribution in [3.05, 3.63) is 72.3 Å². The van der Waals surface area contributed by atoms with Gasteiger partial charge in [-0.15, -0.1) is 0 Å². The zero-order valence-corrected chi connectivity index (χ0v) is 14.3. The summed E-state index contributed by atoms with van der Waals surface area (Å²) >= 11 is 0. The lowest BCUT2D eigenvalue weighted by Crippen LogP contribution is -2.15. The van der Waals surface area contributed by atoms with Crippen LogP contribution in [0.4, 0.5) is 28.4 Å². The molecule has 0 aliphatic carbocycles. The lowest BCUT2D eigenvalue weighted by Gasteiger charge is -2.23. The molecule has 0 saturated heterocycles. The van der Waals surface area contributed by atoms with Crippen LogP contribution < -0.4 is 5.32 Å². The number of hydrogen-bond donors (Lipinski definition) is 1. The van der Waals surface area contributed by atoms with E-state index in [1.807, 2.05) is 0 Å². The van der Waals surface area contributed by atoms with Gasteiger partial charge in [0.2, 0.25) is 0 Å². The monoisotopic (exact) mass is 360 g/mol. The van der Waals surface area contributed by atoms with Crippen LogP contribution in [0.25, 0.3) is 0 Å². The molecule has 0 aromatic heterocycles. The van der Waals surface area contributed by atoms with Crippen molar-refractivity contribution in [2.24, 2.45) is 0 Å². The van der Waals surface area contributed by atoms with Gasteiger partial charge in [0.1, 0.15) is 5.69 Å². The van der Waals surface area contributed by atoms with Crippen molar-refractivity contribution in [3.8, 4) is 0 Å². The molecule has 0 aliphatic heterocycles. The van der Waals surface area contributed by atoms with E-state index in [-0.39, 0.29) is 17.1 Å². The van der Waals surface area contributed by atoms with Crippen LogP contribution in [0.15, 0.2) is 36.4 Å². The molecule has 0 amide bonds. The van der Waals surface area contributed by atoms with Crippen molar-refractivity contribution in [2.75, 3.05) is 5.32 Å². The minimum atomic E-state index is -0.698. The Morgan fingerprint density at radius 1 is 0.808 bits per heavy atom. The van der Waals surface area contributed by atoms with Crippen molar-refractivity contribution in [1.29, 1.82) is 0 Å². The van der Waals surface area contributed by atoms with E-state index in [0.717, 1.165) is 6.07 Å². The second-order valence-electron chi connectivity index (χ2n) is 6.58. The van der Waals surface area contributed by atoms with E-state index in [1.165, 1.54) is 30.3 Å². The highest BCUT2D eigenvalue weighted by atomic mass is 16.6. The average Bonchev–Trinajstić information content (AvgIpc) is 2.53. The van der Waals surface area contributed by atoms with E-state index in [1.54, 1.807) is 20.8 Å². The highest BCUT2D eigenvalue weighted by Gasteiger charge is 2.30. The minimum absolute atomic E-state index is 0.113. The predicted molar refractivity (Wildman–Crippen MR) is 94.8 cm³/mol. The van der Waals surface area contributed by atoms with Gasteiger partial charge in [0, 0.05) is 23.9 Å². The average molecular weight is 360 g/mol. The quantitative estimate of drug-likeness (QED) is 0.613. The van der Waals surface area contributed by atoms with Crippen LogP contribution in [-0.2, 0) is 5.41 Å². The summed E-state index contributed by atoms with van der Waals surface area (Å²) in [6, 6.07) is 7.53. The van der Waals surface area contributed by atoms with E-state index >= 15 is 0 Å². The van der Waals surface area contributed by atoms with Crippen LogP contribution >= 0.6 is 0 Å². The summed E-state index contributed by atoms with van der Waals surface area (Å²) in [5.74, 6) is 0. The Bertz CT molecular complexity index is 887. The number of rotatable bonds is 5. The number of benzene rings is 2. The third-order valence-electron chi connectivity index (χ3n) is 3.67. The van der Waals surface area contributed by atoms with Gasteiger partial charge in [0.15, 0.2) is 0 Å². The topological polar surface area (TPSA) is 141 Å². The molecule has 136 valence electrons. The number of nitro groups is 3. The van der Waals surface area contributed by atoms with Crippen LogP contribution in [0.3, 0.4) is 0 Å². The van der Waals surface area contributed by atoms with E-state index in [4.69, 9.17) is 0 Å². The number of nitro benzene ring substituents is 3. The maximum absolute atomic E-state index is 11.5. The Morgan fingerprint density at radius 2 is 1.35 bits per heavy atom. The standard InChI is InChI=1S/C16H16N4O6/c1-16(2,3)13-8-12(19(23)24)9-14(20(25)26)15(13)17-10-4-6-11(7-5-10)18(21)22/h4-9,17H,1-3H3. The molecule has 0 atom stereocenters. The van der Waals surface area contributed by atoms with Gasteiger partial charge in [-0.2, -0.15) is 0 Å². The molecule has 26 heavy (non-hydrogen) atoms. The second kappa shape index (κ2) is 6.75. The number of anilines is 2. The Balaban J connectivity index is 2.63. The van der Waals surface area contributed by atoms with Gasteiger partial charge in [0.25, 0.3) is 17.1 Å². The normalized spacial score (nSPS) is 11.0. The molecule has 2 aromatic rings. The van der Waals surface area contributed by atoms with Crippen LogP contribution in [0.1, 0.15) is 26.3 Å². The molecule has 0 saturated carbocycles. The van der Waals surface area contributed by atoms with Crippen molar-refractivity contribution < 1.29 is 14.8 Å². The van der Waals surface area contributed by atoms with Crippen molar-refractivity contribution in [1.82, 2.24) is 0 Å². The summed E-state index contributed by atoms with van der Waals surface area (Å²) in [5.41, 5.74) is -0.681. The third kappa shape index (κ3) is 3.91. The Morgan fingerprint density at radius 3 is 1.77 bits per heavy atom. The molecule has 0 fully saturated rings. The highest BCUT2D eigenvalue weighted by Crippen LogP contribution is 2.41. The minimum Gasteiger partial charge on any atom is -0.350 e. The molecular formula is C16H16N4O6. The lowest BCUT2D eigenvalue weighted by atomic mass is 9.84. The van der Waals surface area contributed by atoms with Gasteiger partial charge in [-0.05, 0) is 23.1 Å². The van der Waals surface area contributed by atoms with E-state index in [2.05, 4.69) is 5.32 Å². The van der Waals surface area contributed by atoms with Gasteiger partial charge in [-0.1, -0.05) is 20.8 Å². The van der Waals surface area contributed by atoms with Gasteiger partial charge >= 0.3 is 0 Å². The fourth-order valence-electron chi connectivity index (χ4n) is 2.40. The number of nitrogens with one attached hydrogen (secondary N) is 1. The molecule has 10 heteroatoms. The largest absolute Gasteiger partial charge is 0.350 e. The molecule has 0 aliphatic rings.